The highest BCUT2D eigenvalue weighted by atomic mass is 16.5. The number of carbonyl (C=O) groups excluding carboxylic acids is 2. The summed E-state index contributed by atoms with van der Waals surface area (Å²) >= 11 is 0. The third kappa shape index (κ3) is 18.7. The lowest BCUT2D eigenvalue weighted by atomic mass is 10.4. The molecule has 0 aromatic heterocycles. The fourth-order valence-electron chi connectivity index (χ4n) is 0.387. The zero-order valence-electron chi connectivity index (χ0n) is 8.26. The lowest BCUT2D eigenvalue weighted by molar-refractivity contribution is -0.148. The van der Waals surface area contributed by atoms with Gasteiger partial charge in [0.1, 0.15) is 6.42 Å². The molecule has 0 fully saturated rings. The number of hydrogen-bond donors (Lipinski definition) is 1. The van der Waals surface area contributed by atoms with Crippen molar-refractivity contribution >= 4 is 17.9 Å². The highest BCUT2D eigenvalue weighted by Gasteiger charge is 2.09. The van der Waals surface area contributed by atoms with Gasteiger partial charge in [-0.1, -0.05) is 13.2 Å². The number of aliphatic carboxylic acids is 1. The molecule has 0 heterocycles. The molecular formula is C9H12O6. The van der Waals surface area contributed by atoms with E-state index >= 15 is 0 Å². The molecule has 0 aromatic carbocycles. The third-order valence-corrected chi connectivity index (χ3v) is 0.718. The average Bonchev–Trinajstić information content (AvgIpc) is 2.03. The van der Waals surface area contributed by atoms with Gasteiger partial charge in [0.2, 0.25) is 0 Å². The van der Waals surface area contributed by atoms with Crippen LogP contribution in [0, 0.1) is 0 Å². The monoisotopic (exact) mass is 216 g/mol. The summed E-state index contributed by atoms with van der Waals surface area (Å²) in [5, 5.41) is 7.42. The van der Waals surface area contributed by atoms with Gasteiger partial charge in [0.15, 0.2) is 0 Å². The highest BCUT2D eigenvalue weighted by molar-refractivity contribution is 5.91. The molecule has 6 nitrogen and oxygen atoms in total. The first-order valence-electron chi connectivity index (χ1n) is 3.74. The molecule has 0 aliphatic carbocycles. The molecule has 0 unspecified atom stereocenters. The van der Waals surface area contributed by atoms with E-state index in [2.05, 4.69) is 22.6 Å². The summed E-state index contributed by atoms with van der Waals surface area (Å²) in [5.41, 5.74) is 0. The number of carboxylic acid groups (broad SMARTS) is 1. The van der Waals surface area contributed by atoms with Crippen LogP contribution in [0.4, 0.5) is 0 Å². The Morgan fingerprint density at radius 2 is 1.40 bits per heavy atom. The van der Waals surface area contributed by atoms with Crippen LogP contribution in [0.3, 0.4) is 0 Å². The summed E-state index contributed by atoms with van der Waals surface area (Å²) < 4.78 is 8.50. The van der Waals surface area contributed by atoms with Crippen LogP contribution in [0.2, 0.25) is 0 Å². The summed E-state index contributed by atoms with van der Waals surface area (Å²) in [6.07, 6.45) is 1.46. The molecule has 0 bridgehead atoms. The third-order valence-electron chi connectivity index (χ3n) is 0.718. The van der Waals surface area contributed by atoms with E-state index in [1.54, 1.807) is 0 Å². The molecule has 0 saturated heterocycles. The van der Waals surface area contributed by atoms with Crippen molar-refractivity contribution in [3.63, 3.8) is 0 Å². The first-order chi connectivity index (χ1) is 6.93. The zero-order chi connectivity index (χ0) is 12.3. The van der Waals surface area contributed by atoms with E-state index in [0.29, 0.717) is 0 Å². The summed E-state index contributed by atoms with van der Waals surface area (Å²) in [5.74, 6) is -2.24. The van der Waals surface area contributed by atoms with E-state index in [0.717, 1.165) is 19.4 Å². The molecule has 0 aliphatic heterocycles. The van der Waals surface area contributed by atoms with Gasteiger partial charge in [-0.05, 0) is 0 Å². The van der Waals surface area contributed by atoms with E-state index in [9.17, 15) is 9.59 Å². The topological polar surface area (TPSA) is 89.9 Å². The Morgan fingerprint density at radius 3 is 1.60 bits per heavy atom. The lowest BCUT2D eigenvalue weighted by Crippen LogP contribution is -2.09. The fourth-order valence-corrected chi connectivity index (χ4v) is 0.387. The number of rotatable bonds is 4. The van der Waals surface area contributed by atoms with Crippen LogP contribution in [-0.4, -0.2) is 23.0 Å². The van der Waals surface area contributed by atoms with Gasteiger partial charge in [0, 0.05) is 6.92 Å². The summed E-state index contributed by atoms with van der Waals surface area (Å²) in [4.78, 5) is 30.0. The Hall–Kier alpha value is -2.11. The first kappa shape index (κ1) is 15.4. The molecule has 0 radical (unpaired) electrons. The molecule has 6 heteroatoms. The smallest absolute Gasteiger partial charge is 0.321 e. The fraction of sp³-hybridized carbons (Fsp3) is 0.222. The van der Waals surface area contributed by atoms with Gasteiger partial charge in [-0.25, -0.2) is 0 Å². The van der Waals surface area contributed by atoms with Crippen molar-refractivity contribution in [2.24, 2.45) is 0 Å². The predicted octanol–water partition coefficient (Wildman–Crippen LogP) is 0.841. The number of esters is 2. The van der Waals surface area contributed by atoms with Crippen LogP contribution in [-0.2, 0) is 23.9 Å². The zero-order valence-corrected chi connectivity index (χ0v) is 8.26. The second kappa shape index (κ2) is 9.97. The maximum atomic E-state index is 10.5. The quantitative estimate of drug-likeness (QED) is 0.425. The molecule has 0 spiro atoms. The second-order valence-electron chi connectivity index (χ2n) is 2.01. The van der Waals surface area contributed by atoms with Gasteiger partial charge in [-0.2, -0.15) is 0 Å². The summed E-state index contributed by atoms with van der Waals surface area (Å²) in [6.45, 7) is 7.36. The Balaban J connectivity index is 0. The molecule has 0 aromatic rings. The molecule has 0 rings (SSSR count). The van der Waals surface area contributed by atoms with Crippen molar-refractivity contribution < 1.29 is 29.0 Å². The normalized spacial score (nSPS) is 7.53. The Morgan fingerprint density at radius 1 is 1.13 bits per heavy atom. The van der Waals surface area contributed by atoms with E-state index in [4.69, 9.17) is 9.90 Å². The van der Waals surface area contributed by atoms with Crippen LogP contribution in [0.15, 0.2) is 25.7 Å². The molecule has 0 atom stereocenters. The minimum absolute atomic E-state index is 0.433. The number of hydrogen-bond acceptors (Lipinski definition) is 5. The number of ether oxygens (including phenoxy) is 2. The molecule has 0 aliphatic rings. The second-order valence-corrected chi connectivity index (χ2v) is 2.01. The summed E-state index contributed by atoms with van der Waals surface area (Å²) in [6, 6.07) is 0. The summed E-state index contributed by atoms with van der Waals surface area (Å²) in [7, 11) is 0. The minimum Gasteiger partial charge on any atom is -0.481 e. The highest BCUT2D eigenvalue weighted by Crippen LogP contribution is 1.90. The number of carbonyl (C=O) groups is 3. The first-order valence-corrected chi connectivity index (χ1v) is 3.74. The molecule has 84 valence electrons. The molecule has 0 saturated carbocycles. The van der Waals surface area contributed by atoms with E-state index in [-0.39, 0.29) is 0 Å². The van der Waals surface area contributed by atoms with E-state index in [1.807, 2.05) is 0 Å². The van der Waals surface area contributed by atoms with Gasteiger partial charge in [-0.3, -0.25) is 14.4 Å². The van der Waals surface area contributed by atoms with Crippen LogP contribution in [0.25, 0.3) is 0 Å². The predicted molar refractivity (Wildman–Crippen MR) is 50.5 cm³/mol. The van der Waals surface area contributed by atoms with Crippen molar-refractivity contribution in [1.29, 1.82) is 0 Å². The van der Waals surface area contributed by atoms with Crippen molar-refractivity contribution in [2.45, 2.75) is 13.3 Å². The van der Waals surface area contributed by atoms with Crippen molar-refractivity contribution in [1.82, 2.24) is 0 Å². The molecule has 1 N–H and O–H groups in total. The SMILES string of the molecule is C=COC(=O)CC(=O)OC=C.CC(=O)O. The Kier molecular flexibility index (Phi) is 10.2. The lowest BCUT2D eigenvalue weighted by Gasteiger charge is -1.96. The van der Waals surface area contributed by atoms with Gasteiger partial charge in [0.05, 0.1) is 12.5 Å². The molecular weight excluding hydrogens is 204 g/mol. The van der Waals surface area contributed by atoms with Crippen LogP contribution < -0.4 is 0 Å². The maximum absolute atomic E-state index is 10.5. The van der Waals surface area contributed by atoms with Gasteiger partial charge < -0.3 is 14.6 Å². The standard InChI is InChI=1S/C7H8O4.C2H4O2/c1-3-10-6(8)5-7(9)11-4-2;1-2(3)4/h3-4H,1-2,5H2;1H3,(H,3,4). The molecule has 15 heavy (non-hydrogen) atoms. The van der Waals surface area contributed by atoms with Crippen LogP contribution in [0.1, 0.15) is 13.3 Å². The van der Waals surface area contributed by atoms with Crippen molar-refractivity contribution in [2.75, 3.05) is 0 Å². The van der Waals surface area contributed by atoms with Gasteiger partial charge in [-0.15, -0.1) is 0 Å². The maximum Gasteiger partial charge on any atom is 0.321 e. The van der Waals surface area contributed by atoms with Crippen LogP contribution in [0.5, 0.6) is 0 Å². The minimum atomic E-state index is -0.833. The largest absolute Gasteiger partial charge is 0.481 e. The van der Waals surface area contributed by atoms with Gasteiger partial charge >= 0.3 is 11.9 Å². The van der Waals surface area contributed by atoms with E-state index < -0.39 is 24.3 Å². The van der Waals surface area contributed by atoms with Crippen molar-refractivity contribution in [3.05, 3.63) is 25.7 Å². The number of carboxylic acids is 1. The van der Waals surface area contributed by atoms with Crippen molar-refractivity contribution in [3.8, 4) is 0 Å². The van der Waals surface area contributed by atoms with E-state index in [1.165, 1.54) is 0 Å². The Bertz CT molecular complexity index is 231. The van der Waals surface area contributed by atoms with Gasteiger partial charge in [0.25, 0.3) is 5.97 Å². The molecule has 0 amide bonds. The van der Waals surface area contributed by atoms with Crippen LogP contribution >= 0.6 is 0 Å². The average molecular weight is 216 g/mol. The Labute approximate surface area is 86.8 Å².